The summed E-state index contributed by atoms with van der Waals surface area (Å²) in [4.78, 5) is 84.4. The first kappa shape index (κ1) is 62.4. The fourth-order valence-corrected chi connectivity index (χ4v) is 13.1. The minimum atomic E-state index is -2.41. The molecule has 2 saturated heterocycles. The fourth-order valence-electron chi connectivity index (χ4n) is 13.1. The summed E-state index contributed by atoms with van der Waals surface area (Å²) >= 11 is 0. The van der Waals surface area contributed by atoms with Gasteiger partial charge in [-0.1, -0.05) is 159 Å². The molecule has 0 spiro atoms. The van der Waals surface area contributed by atoms with Crippen molar-refractivity contribution in [3.63, 3.8) is 0 Å². The van der Waals surface area contributed by atoms with Gasteiger partial charge in [0.1, 0.15) is 36.6 Å². The number of amides is 1. The third kappa shape index (κ3) is 13.8. The van der Waals surface area contributed by atoms with Crippen molar-refractivity contribution in [3.05, 3.63) is 82.9 Å². The molecular weight excluding hydrogens is 1030 g/mol. The van der Waals surface area contributed by atoms with Crippen LogP contribution < -0.4 is 5.32 Å². The molecule has 442 valence electrons. The standard InChI is InChI=1S/C62H87NO17/c1-8-9-10-11-12-13-14-15-16-17-18-19-20-21-28-33-48-73-36-44(77-48)37-74-58(71)79-52(50(42-29-24-22-25-30-42)63-56(69)43-31-26-23-27-32-43)57(70)78-45-35-62(72)55(68)53-60(7,46(66)34-47-61(53,38-75-47)80-41(4)65)54(67)51(76-40(3)64)49(39(45)2)59(62,5)6/h22-27,29-32,44-48,50-53,55,66,68,72H,8-21,28,33-38H2,1-7H3,(H,63,69)/t44-,45+,46+,47-,48?,50+,51-,52-,53+,55+,60-,61+,62-/m1/s1. The Hall–Kier alpha value is -5.24. The topological polar surface area (TPSA) is 249 Å². The van der Waals surface area contributed by atoms with Gasteiger partial charge in [-0.25, -0.2) is 9.59 Å². The molecule has 2 aromatic rings. The number of hydrogen-bond acceptors (Lipinski definition) is 17. The molecule has 2 heterocycles. The Balaban J connectivity index is 1.08. The normalized spacial score (nSPS) is 30.2. The van der Waals surface area contributed by atoms with Crippen LogP contribution in [0.3, 0.4) is 0 Å². The van der Waals surface area contributed by atoms with Crippen LogP contribution in [0.4, 0.5) is 4.79 Å². The maximum atomic E-state index is 15.4. The summed E-state index contributed by atoms with van der Waals surface area (Å²) in [5.41, 5.74) is -7.15. The van der Waals surface area contributed by atoms with Crippen LogP contribution in [0, 0.1) is 16.7 Å². The molecule has 4 N–H and O–H groups in total. The van der Waals surface area contributed by atoms with E-state index in [0.717, 1.165) is 33.1 Å². The van der Waals surface area contributed by atoms with E-state index in [0.29, 0.717) is 12.0 Å². The van der Waals surface area contributed by atoms with E-state index in [9.17, 15) is 34.5 Å². The number of carbonyl (C=O) groups excluding carboxylic acids is 6. The third-order valence-electron chi connectivity index (χ3n) is 17.7. The Bertz CT molecular complexity index is 2470. The first-order valence-electron chi connectivity index (χ1n) is 29.2. The number of rotatable bonds is 27. The number of aliphatic hydroxyl groups excluding tert-OH is 2. The summed E-state index contributed by atoms with van der Waals surface area (Å²) in [6.07, 6.45) is 6.37. The van der Waals surface area contributed by atoms with E-state index in [2.05, 4.69) is 12.2 Å². The van der Waals surface area contributed by atoms with Crippen molar-refractivity contribution in [1.82, 2.24) is 5.32 Å². The number of hydrogen-bond donors (Lipinski definition) is 4. The number of ether oxygens (including phenoxy) is 8. The number of Topliss-reactive ketones (excluding diaryl/α,β-unsaturated/α-hetero) is 1. The molecule has 2 aliphatic heterocycles. The van der Waals surface area contributed by atoms with Gasteiger partial charge in [0, 0.05) is 43.6 Å². The smallest absolute Gasteiger partial charge is 0.455 e. The number of benzene rings is 2. The molecule has 18 heteroatoms. The summed E-state index contributed by atoms with van der Waals surface area (Å²) in [6.45, 7) is 10.0. The molecule has 5 aliphatic rings. The maximum Gasteiger partial charge on any atom is 0.509 e. The van der Waals surface area contributed by atoms with Crippen molar-refractivity contribution in [1.29, 1.82) is 0 Å². The van der Waals surface area contributed by atoms with Gasteiger partial charge in [-0.15, -0.1) is 0 Å². The zero-order valence-corrected chi connectivity index (χ0v) is 48.0. The largest absolute Gasteiger partial charge is 0.509 e. The lowest BCUT2D eigenvalue weighted by Gasteiger charge is -2.67. The molecular formula is C62H87NO17. The lowest BCUT2D eigenvalue weighted by Crippen LogP contribution is -2.81. The SMILES string of the molecule is CCCCCCCCCCCCCCCCCC1OC[C@H](COC(=O)O[C@@H](C(=O)O[C@H]2C[C@@]3(O)[C@@H](O)[C@@H]4[C@]5(OC(C)=O)CO[C@@H]5C[C@H](O)[C@@]4(C)C(=O)[C@H](OC(C)=O)C(=C2C)C3(C)C)[C@@H](NC(=O)c2ccccc2)c2ccccc2)O1. The van der Waals surface area contributed by atoms with Gasteiger partial charge in [0.2, 0.25) is 6.10 Å². The van der Waals surface area contributed by atoms with Gasteiger partial charge >= 0.3 is 24.1 Å². The second kappa shape index (κ2) is 27.7. The Morgan fingerprint density at radius 3 is 1.93 bits per heavy atom. The lowest BCUT2D eigenvalue weighted by molar-refractivity contribution is -0.346. The minimum absolute atomic E-state index is 0.0192. The van der Waals surface area contributed by atoms with E-state index in [1.54, 1.807) is 74.5 Å². The summed E-state index contributed by atoms with van der Waals surface area (Å²) in [5, 5.41) is 41.0. The van der Waals surface area contributed by atoms with E-state index in [-0.39, 0.29) is 43.0 Å². The summed E-state index contributed by atoms with van der Waals surface area (Å²) in [6, 6.07) is 15.0. The zero-order valence-electron chi connectivity index (χ0n) is 48.0. The molecule has 1 unspecified atom stereocenters. The Kier molecular flexibility index (Phi) is 21.6. The predicted octanol–water partition coefficient (Wildman–Crippen LogP) is 9.03. The van der Waals surface area contributed by atoms with Gasteiger partial charge in [0.25, 0.3) is 5.91 Å². The van der Waals surface area contributed by atoms with Crippen molar-refractivity contribution >= 4 is 35.8 Å². The van der Waals surface area contributed by atoms with Gasteiger partial charge in [-0.3, -0.25) is 19.2 Å². The highest BCUT2D eigenvalue weighted by atomic mass is 16.8. The van der Waals surface area contributed by atoms with Gasteiger partial charge in [0.15, 0.2) is 23.8 Å². The third-order valence-corrected chi connectivity index (χ3v) is 17.7. The summed E-state index contributed by atoms with van der Waals surface area (Å²) in [7, 11) is 0. The van der Waals surface area contributed by atoms with E-state index in [4.69, 9.17) is 37.9 Å². The number of carbonyl (C=O) groups is 6. The van der Waals surface area contributed by atoms with Crippen LogP contribution in [0.25, 0.3) is 0 Å². The fraction of sp³-hybridized carbons (Fsp3) is 0.677. The molecule has 2 bridgehead atoms. The van der Waals surface area contributed by atoms with E-state index < -0.39 is 125 Å². The molecule has 0 aromatic heterocycles. The number of aliphatic hydroxyl groups is 3. The molecule has 80 heavy (non-hydrogen) atoms. The van der Waals surface area contributed by atoms with E-state index in [1.165, 1.54) is 90.9 Å². The highest BCUT2D eigenvalue weighted by molar-refractivity contribution is 5.96. The van der Waals surface area contributed by atoms with Crippen LogP contribution in [0.2, 0.25) is 0 Å². The first-order valence-corrected chi connectivity index (χ1v) is 29.2. The second-order valence-electron chi connectivity index (χ2n) is 23.5. The minimum Gasteiger partial charge on any atom is -0.455 e. The van der Waals surface area contributed by atoms with Gasteiger partial charge < -0.3 is 58.5 Å². The number of unbranched alkanes of at least 4 members (excludes halogenated alkanes) is 14. The molecule has 13 atom stereocenters. The number of ketones is 1. The van der Waals surface area contributed by atoms with Crippen molar-refractivity contribution in [2.45, 2.75) is 230 Å². The van der Waals surface area contributed by atoms with E-state index >= 15 is 9.59 Å². The van der Waals surface area contributed by atoms with Crippen LogP contribution in [0.5, 0.6) is 0 Å². The predicted molar refractivity (Wildman–Crippen MR) is 292 cm³/mol. The lowest BCUT2D eigenvalue weighted by atomic mass is 9.44. The Morgan fingerprint density at radius 1 is 0.775 bits per heavy atom. The Labute approximate surface area is 471 Å². The van der Waals surface area contributed by atoms with E-state index in [1.807, 2.05) is 0 Å². The van der Waals surface area contributed by atoms with Gasteiger partial charge in [0.05, 0.1) is 30.8 Å². The summed E-state index contributed by atoms with van der Waals surface area (Å²) < 4.78 is 47.4. The highest BCUT2D eigenvalue weighted by Gasteiger charge is 2.77. The van der Waals surface area contributed by atoms with Crippen molar-refractivity contribution in [3.8, 4) is 0 Å². The van der Waals surface area contributed by atoms with Crippen LogP contribution in [-0.2, 0) is 57.1 Å². The molecule has 18 nitrogen and oxygen atoms in total. The van der Waals surface area contributed by atoms with Gasteiger partial charge in [-0.05, 0) is 55.5 Å². The monoisotopic (exact) mass is 1120 g/mol. The molecule has 7 rings (SSSR count). The molecule has 0 radical (unpaired) electrons. The first-order chi connectivity index (χ1) is 38.2. The number of fused-ring (bicyclic) bond motifs is 5. The quantitative estimate of drug-likeness (QED) is 0.0282. The van der Waals surface area contributed by atoms with Gasteiger partial charge in [-0.2, -0.15) is 0 Å². The molecule has 3 aliphatic carbocycles. The average molecular weight is 1120 g/mol. The number of nitrogens with one attached hydrogen (secondary N) is 1. The van der Waals surface area contributed by atoms with Crippen molar-refractivity contribution in [2.75, 3.05) is 19.8 Å². The second-order valence-corrected chi connectivity index (χ2v) is 23.5. The van der Waals surface area contributed by atoms with Crippen LogP contribution in [-0.4, -0.2) is 131 Å². The molecule has 1 amide bonds. The maximum absolute atomic E-state index is 15.4. The van der Waals surface area contributed by atoms with Crippen LogP contribution in [0.1, 0.15) is 186 Å². The van der Waals surface area contributed by atoms with Crippen LogP contribution in [0.15, 0.2) is 71.8 Å². The zero-order chi connectivity index (χ0) is 57.8. The number of esters is 3. The average Bonchev–Trinajstić information content (AvgIpc) is 3.96. The molecule has 4 fully saturated rings. The van der Waals surface area contributed by atoms with Crippen molar-refractivity contribution < 1.29 is 82.0 Å². The summed E-state index contributed by atoms with van der Waals surface area (Å²) in [5.74, 6) is -5.96. The highest BCUT2D eigenvalue weighted by Crippen LogP contribution is 2.63. The van der Waals surface area contributed by atoms with Crippen molar-refractivity contribution in [2.24, 2.45) is 16.7 Å². The Morgan fingerprint density at radius 2 is 1.36 bits per heavy atom. The van der Waals surface area contributed by atoms with Crippen LogP contribution >= 0.6 is 0 Å². The molecule has 2 saturated carbocycles. The molecule has 2 aromatic carbocycles.